The number of pyridine rings is 1. The SMILES string of the molecule is CN1CCN(Sc2cccc3c(N4CCC4)nccc23)CC1. The standard InChI is InChI=1S/C17H22N4S/c1-19-10-12-21(13-11-19)22-16-5-2-4-15-14(16)6-7-18-17(15)20-8-3-9-20/h2,4-7H,3,8-13H2,1H3. The zero-order chi connectivity index (χ0) is 14.9. The smallest absolute Gasteiger partial charge is 0.136 e. The molecule has 4 rings (SSSR count). The van der Waals surface area contributed by atoms with Gasteiger partial charge in [-0.05, 0) is 37.5 Å². The van der Waals surface area contributed by atoms with Gasteiger partial charge in [0.25, 0.3) is 0 Å². The fourth-order valence-electron chi connectivity index (χ4n) is 3.04. The fraction of sp³-hybridized carbons (Fsp3) is 0.471. The summed E-state index contributed by atoms with van der Waals surface area (Å²) in [5.41, 5.74) is 0. The molecule has 0 N–H and O–H groups in total. The predicted molar refractivity (Wildman–Crippen MR) is 93.5 cm³/mol. The fourth-order valence-corrected chi connectivity index (χ4v) is 4.08. The summed E-state index contributed by atoms with van der Waals surface area (Å²) in [4.78, 5) is 10.8. The number of nitrogens with zero attached hydrogens (tertiary/aromatic N) is 4. The van der Waals surface area contributed by atoms with Gasteiger partial charge in [-0.15, -0.1) is 0 Å². The summed E-state index contributed by atoms with van der Waals surface area (Å²) in [7, 11) is 2.20. The van der Waals surface area contributed by atoms with Crippen LogP contribution in [0.25, 0.3) is 10.8 Å². The van der Waals surface area contributed by atoms with Crippen molar-refractivity contribution in [1.82, 2.24) is 14.2 Å². The number of hydrogen-bond acceptors (Lipinski definition) is 5. The van der Waals surface area contributed by atoms with Gasteiger partial charge >= 0.3 is 0 Å². The Hall–Kier alpha value is -1.30. The zero-order valence-corrected chi connectivity index (χ0v) is 13.9. The minimum Gasteiger partial charge on any atom is -0.356 e. The van der Waals surface area contributed by atoms with Gasteiger partial charge in [0.1, 0.15) is 5.82 Å². The Labute approximate surface area is 136 Å². The van der Waals surface area contributed by atoms with Crippen LogP contribution in [0.2, 0.25) is 0 Å². The van der Waals surface area contributed by atoms with Crippen LogP contribution < -0.4 is 4.90 Å². The van der Waals surface area contributed by atoms with Crippen LogP contribution in [0.4, 0.5) is 5.82 Å². The second-order valence-corrected chi connectivity index (χ2v) is 7.29. The van der Waals surface area contributed by atoms with Gasteiger partial charge in [0.05, 0.1) is 0 Å². The van der Waals surface area contributed by atoms with E-state index in [0.717, 1.165) is 45.1 Å². The highest BCUT2D eigenvalue weighted by molar-refractivity contribution is 7.97. The molecule has 22 heavy (non-hydrogen) atoms. The van der Waals surface area contributed by atoms with Gasteiger partial charge in [-0.1, -0.05) is 12.1 Å². The van der Waals surface area contributed by atoms with E-state index in [1.54, 1.807) is 0 Å². The first-order valence-corrected chi connectivity index (χ1v) is 8.83. The van der Waals surface area contributed by atoms with Gasteiger partial charge in [0.15, 0.2) is 0 Å². The molecular weight excluding hydrogens is 292 g/mol. The lowest BCUT2D eigenvalue weighted by molar-refractivity contribution is 0.233. The summed E-state index contributed by atoms with van der Waals surface area (Å²) >= 11 is 1.90. The summed E-state index contributed by atoms with van der Waals surface area (Å²) in [6, 6.07) is 8.79. The molecule has 3 heterocycles. The average molecular weight is 314 g/mol. The van der Waals surface area contributed by atoms with Gasteiger partial charge in [-0.2, -0.15) is 0 Å². The van der Waals surface area contributed by atoms with E-state index in [9.17, 15) is 0 Å². The largest absolute Gasteiger partial charge is 0.356 e. The van der Waals surface area contributed by atoms with E-state index in [4.69, 9.17) is 0 Å². The zero-order valence-electron chi connectivity index (χ0n) is 13.0. The second kappa shape index (κ2) is 6.07. The number of hydrogen-bond donors (Lipinski definition) is 0. The quantitative estimate of drug-likeness (QED) is 0.810. The molecule has 0 radical (unpaired) electrons. The minimum absolute atomic E-state index is 1.13. The van der Waals surface area contributed by atoms with Crippen molar-refractivity contribution in [3.05, 3.63) is 30.5 Å². The molecule has 2 aliphatic rings. The van der Waals surface area contributed by atoms with Crippen LogP contribution in [0.5, 0.6) is 0 Å². The lowest BCUT2D eigenvalue weighted by Crippen LogP contribution is -2.41. The molecule has 0 atom stereocenters. The van der Waals surface area contributed by atoms with Crippen LogP contribution in [-0.2, 0) is 0 Å². The Morgan fingerprint density at radius 2 is 1.77 bits per heavy atom. The van der Waals surface area contributed by atoms with E-state index < -0.39 is 0 Å². The topological polar surface area (TPSA) is 22.6 Å². The molecule has 116 valence electrons. The van der Waals surface area contributed by atoms with Crippen LogP contribution in [-0.4, -0.2) is 60.5 Å². The van der Waals surface area contributed by atoms with Gasteiger partial charge in [0, 0.05) is 61.1 Å². The number of likely N-dealkylation sites (N-methyl/N-ethyl adjacent to an activating group) is 1. The number of fused-ring (bicyclic) bond motifs is 1. The second-order valence-electron chi connectivity index (χ2n) is 6.15. The first kappa shape index (κ1) is 14.3. The third kappa shape index (κ3) is 2.69. The highest BCUT2D eigenvalue weighted by Crippen LogP contribution is 2.35. The Kier molecular flexibility index (Phi) is 3.94. The lowest BCUT2D eigenvalue weighted by atomic mass is 10.1. The average Bonchev–Trinajstić information content (AvgIpc) is 2.49. The van der Waals surface area contributed by atoms with E-state index in [0.29, 0.717) is 0 Å². The molecule has 2 saturated heterocycles. The maximum Gasteiger partial charge on any atom is 0.136 e. The van der Waals surface area contributed by atoms with E-state index >= 15 is 0 Å². The Morgan fingerprint density at radius 1 is 0.955 bits per heavy atom. The summed E-state index contributed by atoms with van der Waals surface area (Å²) in [5.74, 6) is 1.16. The van der Waals surface area contributed by atoms with Gasteiger partial charge in [-0.3, -0.25) is 0 Å². The van der Waals surface area contributed by atoms with Crippen LogP contribution in [0.15, 0.2) is 35.4 Å². The van der Waals surface area contributed by atoms with Crippen molar-refractivity contribution < 1.29 is 0 Å². The summed E-state index contributed by atoms with van der Waals surface area (Å²) < 4.78 is 2.48. The summed E-state index contributed by atoms with van der Waals surface area (Å²) in [6.07, 6.45) is 3.25. The Balaban J connectivity index is 1.63. The number of piperazine rings is 1. The number of aromatic nitrogens is 1. The third-order valence-electron chi connectivity index (χ3n) is 4.59. The van der Waals surface area contributed by atoms with E-state index in [1.165, 1.54) is 22.1 Å². The molecule has 0 saturated carbocycles. The molecule has 5 heteroatoms. The molecule has 4 nitrogen and oxygen atoms in total. The number of anilines is 1. The number of benzene rings is 1. The molecule has 0 unspecified atom stereocenters. The lowest BCUT2D eigenvalue weighted by Gasteiger charge is -2.33. The minimum atomic E-state index is 1.13. The van der Waals surface area contributed by atoms with E-state index in [2.05, 4.69) is 50.4 Å². The monoisotopic (exact) mass is 314 g/mol. The van der Waals surface area contributed by atoms with E-state index in [-0.39, 0.29) is 0 Å². The van der Waals surface area contributed by atoms with Crippen LogP contribution >= 0.6 is 11.9 Å². The van der Waals surface area contributed by atoms with Crippen LogP contribution in [0.3, 0.4) is 0 Å². The van der Waals surface area contributed by atoms with E-state index in [1.807, 2.05) is 18.1 Å². The third-order valence-corrected chi connectivity index (χ3v) is 5.77. The molecule has 1 aromatic heterocycles. The highest BCUT2D eigenvalue weighted by atomic mass is 32.2. The van der Waals surface area contributed by atoms with Crippen LogP contribution in [0.1, 0.15) is 6.42 Å². The normalized spacial score (nSPS) is 20.3. The summed E-state index contributed by atoms with van der Waals surface area (Å²) in [6.45, 7) is 6.84. The summed E-state index contributed by atoms with van der Waals surface area (Å²) in [5, 5.41) is 2.63. The Bertz CT molecular complexity index is 663. The highest BCUT2D eigenvalue weighted by Gasteiger charge is 2.20. The van der Waals surface area contributed by atoms with Crippen molar-refractivity contribution in [2.45, 2.75) is 11.3 Å². The number of rotatable bonds is 3. The molecule has 2 aromatic rings. The maximum absolute atomic E-state index is 4.62. The van der Waals surface area contributed by atoms with Crippen molar-refractivity contribution in [3.63, 3.8) is 0 Å². The molecule has 2 aliphatic heterocycles. The van der Waals surface area contributed by atoms with Crippen LogP contribution in [0, 0.1) is 0 Å². The molecular formula is C17H22N4S. The van der Waals surface area contributed by atoms with Crippen molar-refractivity contribution in [1.29, 1.82) is 0 Å². The first-order valence-electron chi connectivity index (χ1n) is 8.05. The van der Waals surface area contributed by atoms with Gasteiger partial charge < -0.3 is 9.80 Å². The molecule has 0 aliphatic carbocycles. The molecule has 0 bridgehead atoms. The molecule has 0 spiro atoms. The predicted octanol–water partition coefficient (Wildman–Crippen LogP) is 2.70. The van der Waals surface area contributed by atoms with Crippen molar-refractivity contribution in [2.24, 2.45) is 0 Å². The van der Waals surface area contributed by atoms with Gasteiger partial charge in [-0.25, -0.2) is 9.29 Å². The first-order chi connectivity index (χ1) is 10.8. The van der Waals surface area contributed by atoms with Crippen molar-refractivity contribution in [3.8, 4) is 0 Å². The maximum atomic E-state index is 4.62. The van der Waals surface area contributed by atoms with Crippen molar-refractivity contribution >= 4 is 28.5 Å². The van der Waals surface area contributed by atoms with Gasteiger partial charge in [0.2, 0.25) is 0 Å². The Morgan fingerprint density at radius 3 is 2.50 bits per heavy atom. The van der Waals surface area contributed by atoms with Crippen molar-refractivity contribution in [2.75, 3.05) is 51.2 Å². The molecule has 1 aromatic carbocycles. The molecule has 2 fully saturated rings. The molecule has 0 amide bonds.